The molecule has 1 fully saturated rings. The standard InChI is InChI=1S/C19H31N/c1-14-5-7-18(8-6-14)9-10-20-13-19-16(3)11-15(2)12-17(19)4/h11-12,14,18,20H,5-10,13H2,1-4H3. The van der Waals surface area contributed by atoms with Crippen molar-refractivity contribution >= 4 is 0 Å². The normalized spacial score (nSPS) is 23.0. The van der Waals surface area contributed by atoms with Gasteiger partial charge in [-0.25, -0.2) is 0 Å². The largest absolute Gasteiger partial charge is 0.313 e. The molecule has 1 N–H and O–H groups in total. The van der Waals surface area contributed by atoms with E-state index in [4.69, 9.17) is 0 Å². The monoisotopic (exact) mass is 273 g/mol. The molecule has 1 aromatic rings. The van der Waals surface area contributed by atoms with Crippen LogP contribution in [0.15, 0.2) is 12.1 Å². The summed E-state index contributed by atoms with van der Waals surface area (Å²) in [6, 6.07) is 4.60. The zero-order valence-electron chi connectivity index (χ0n) is 13.8. The van der Waals surface area contributed by atoms with Gasteiger partial charge in [0.25, 0.3) is 0 Å². The minimum atomic E-state index is 0.970. The highest BCUT2D eigenvalue weighted by Crippen LogP contribution is 2.30. The topological polar surface area (TPSA) is 12.0 Å². The van der Waals surface area contributed by atoms with Crippen molar-refractivity contribution in [1.29, 1.82) is 0 Å². The third-order valence-corrected chi connectivity index (χ3v) is 5.01. The highest BCUT2D eigenvalue weighted by Gasteiger charge is 2.17. The Balaban J connectivity index is 1.74. The van der Waals surface area contributed by atoms with E-state index in [0.717, 1.165) is 18.4 Å². The van der Waals surface area contributed by atoms with Crippen LogP contribution in [0.5, 0.6) is 0 Å². The van der Waals surface area contributed by atoms with Crippen LogP contribution in [0.1, 0.15) is 61.3 Å². The SMILES string of the molecule is Cc1cc(C)c(CNCCC2CCC(C)CC2)c(C)c1. The van der Waals surface area contributed by atoms with Crippen LogP contribution in [0.2, 0.25) is 0 Å². The van der Waals surface area contributed by atoms with Gasteiger partial charge in [-0.2, -0.15) is 0 Å². The van der Waals surface area contributed by atoms with Gasteiger partial charge in [0, 0.05) is 6.54 Å². The molecular weight excluding hydrogens is 242 g/mol. The fourth-order valence-electron chi connectivity index (χ4n) is 3.63. The van der Waals surface area contributed by atoms with Gasteiger partial charge < -0.3 is 5.32 Å². The molecule has 2 rings (SSSR count). The number of nitrogens with one attached hydrogen (secondary N) is 1. The summed E-state index contributed by atoms with van der Waals surface area (Å²) < 4.78 is 0. The van der Waals surface area contributed by atoms with Crippen LogP contribution in [0.3, 0.4) is 0 Å². The molecule has 0 aliphatic heterocycles. The zero-order valence-corrected chi connectivity index (χ0v) is 13.8. The summed E-state index contributed by atoms with van der Waals surface area (Å²) in [5, 5.41) is 3.66. The van der Waals surface area contributed by atoms with E-state index in [0.29, 0.717) is 0 Å². The molecule has 0 spiro atoms. The Hall–Kier alpha value is -0.820. The summed E-state index contributed by atoms with van der Waals surface area (Å²) in [5.74, 6) is 1.94. The van der Waals surface area contributed by atoms with Gasteiger partial charge in [0.15, 0.2) is 0 Å². The molecule has 0 bridgehead atoms. The van der Waals surface area contributed by atoms with Gasteiger partial charge in [-0.1, -0.05) is 50.3 Å². The van der Waals surface area contributed by atoms with E-state index in [1.807, 2.05) is 0 Å². The Labute approximate surface area is 125 Å². The fourth-order valence-corrected chi connectivity index (χ4v) is 3.63. The van der Waals surface area contributed by atoms with Gasteiger partial charge >= 0.3 is 0 Å². The first kappa shape index (κ1) is 15.6. The molecule has 112 valence electrons. The highest BCUT2D eigenvalue weighted by molar-refractivity contribution is 5.37. The smallest absolute Gasteiger partial charge is 0.0210 e. The van der Waals surface area contributed by atoms with Crippen LogP contribution < -0.4 is 5.32 Å². The Bertz CT molecular complexity index is 404. The number of aryl methyl sites for hydroxylation is 3. The molecule has 1 aliphatic carbocycles. The summed E-state index contributed by atoms with van der Waals surface area (Å²) in [7, 11) is 0. The second-order valence-corrected chi connectivity index (χ2v) is 6.97. The first-order valence-corrected chi connectivity index (χ1v) is 8.33. The second-order valence-electron chi connectivity index (χ2n) is 6.97. The molecule has 1 aliphatic rings. The zero-order chi connectivity index (χ0) is 14.5. The number of benzene rings is 1. The van der Waals surface area contributed by atoms with Crippen LogP contribution in [0.4, 0.5) is 0 Å². The van der Waals surface area contributed by atoms with Gasteiger partial charge in [0.2, 0.25) is 0 Å². The number of rotatable bonds is 5. The predicted octanol–water partition coefficient (Wildman–Crippen LogP) is 4.92. The van der Waals surface area contributed by atoms with E-state index in [9.17, 15) is 0 Å². The lowest BCUT2D eigenvalue weighted by molar-refractivity contribution is 0.275. The first-order chi connectivity index (χ1) is 9.56. The molecule has 1 heteroatoms. The Morgan fingerprint density at radius 3 is 2.20 bits per heavy atom. The van der Waals surface area contributed by atoms with Gasteiger partial charge in [0.05, 0.1) is 0 Å². The molecule has 0 radical (unpaired) electrons. The lowest BCUT2D eigenvalue weighted by Gasteiger charge is -2.26. The van der Waals surface area contributed by atoms with Crippen LogP contribution >= 0.6 is 0 Å². The highest BCUT2D eigenvalue weighted by atomic mass is 14.8. The van der Waals surface area contributed by atoms with Crippen molar-refractivity contribution in [2.75, 3.05) is 6.54 Å². The molecule has 1 nitrogen and oxygen atoms in total. The van der Waals surface area contributed by atoms with Crippen LogP contribution in [0.25, 0.3) is 0 Å². The molecule has 0 atom stereocenters. The minimum Gasteiger partial charge on any atom is -0.313 e. The van der Waals surface area contributed by atoms with Gasteiger partial charge in [-0.15, -0.1) is 0 Å². The van der Waals surface area contributed by atoms with Crippen molar-refractivity contribution in [2.45, 2.75) is 66.3 Å². The van der Waals surface area contributed by atoms with E-state index in [2.05, 4.69) is 45.1 Å². The summed E-state index contributed by atoms with van der Waals surface area (Å²) in [5.41, 5.74) is 5.73. The Kier molecular flexibility index (Phi) is 5.65. The molecule has 0 unspecified atom stereocenters. The van der Waals surface area contributed by atoms with E-state index in [1.165, 1.54) is 60.9 Å². The number of hydrogen-bond acceptors (Lipinski definition) is 1. The minimum absolute atomic E-state index is 0.970. The molecule has 20 heavy (non-hydrogen) atoms. The van der Waals surface area contributed by atoms with E-state index in [-0.39, 0.29) is 0 Å². The summed E-state index contributed by atoms with van der Waals surface area (Å²) in [6.07, 6.45) is 7.15. The molecule has 0 saturated heterocycles. The summed E-state index contributed by atoms with van der Waals surface area (Å²) in [4.78, 5) is 0. The predicted molar refractivity (Wildman–Crippen MR) is 88.1 cm³/mol. The van der Waals surface area contributed by atoms with Gasteiger partial charge in [0.1, 0.15) is 0 Å². The van der Waals surface area contributed by atoms with E-state index < -0.39 is 0 Å². The lowest BCUT2D eigenvalue weighted by Crippen LogP contribution is -2.21. The maximum Gasteiger partial charge on any atom is 0.0210 e. The van der Waals surface area contributed by atoms with Crippen molar-refractivity contribution in [3.8, 4) is 0 Å². The van der Waals surface area contributed by atoms with Crippen LogP contribution in [-0.2, 0) is 6.54 Å². The molecule has 0 heterocycles. The van der Waals surface area contributed by atoms with Gasteiger partial charge in [-0.05, 0) is 62.3 Å². The van der Waals surface area contributed by atoms with Gasteiger partial charge in [-0.3, -0.25) is 0 Å². The van der Waals surface area contributed by atoms with Crippen molar-refractivity contribution in [2.24, 2.45) is 11.8 Å². The average Bonchev–Trinajstić information content (AvgIpc) is 2.39. The van der Waals surface area contributed by atoms with Crippen molar-refractivity contribution in [1.82, 2.24) is 5.32 Å². The lowest BCUT2D eigenvalue weighted by atomic mass is 9.81. The van der Waals surface area contributed by atoms with Crippen molar-refractivity contribution in [3.05, 3.63) is 34.4 Å². The van der Waals surface area contributed by atoms with E-state index in [1.54, 1.807) is 0 Å². The van der Waals surface area contributed by atoms with E-state index >= 15 is 0 Å². The van der Waals surface area contributed by atoms with Crippen LogP contribution in [0, 0.1) is 32.6 Å². The first-order valence-electron chi connectivity index (χ1n) is 8.33. The fraction of sp³-hybridized carbons (Fsp3) is 0.684. The maximum atomic E-state index is 3.66. The summed E-state index contributed by atoms with van der Waals surface area (Å²) in [6.45, 7) is 11.3. The number of hydrogen-bond donors (Lipinski definition) is 1. The molecular formula is C19H31N. The van der Waals surface area contributed by atoms with Crippen molar-refractivity contribution in [3.63, 3.8) is 0 Å². The average molecular weight is 273 g/mol. The molecule has 1 saturated carbocycles. The molecule has 1 aromatic carbocycles. The quantitative estimate of drug-likeness (QED) is 0.751. The van der Waals surface area contributed by atoms with Crippen LogP contribution in [-0.4, -0.2) is 6.54 Å². The Morgan fingerprint density at radius 1 is 1.00 bits per heavy atom. The Morgan fingerprint density at radius 2 is 1.60 bits per heavy atom. The second kappa shape index (κ2) is 7.26. The molecule has 0 aromatic heterocycles. The summed E-state index contributed by atoms with van der Waals surface area (Å²) >= 11 is 0. The third-order valence-electron chi connectivity index (χ3n) is 5.01. The third kappa shape index (κ3) is 4.34. The van der Waals surface area contributed by atoms with Crippen molar-refractivity contribution < 1.29 is 0 Å². The molecule has 0 amide bonds. The maximum absolute atomic E-state index is 3.66.